The third kappa shape index (κ3) is 4.21. The molecule has 0 amide bonds. The van der Waals surface area contributed by atoms with E-state index >= 15 is 0 Å². The summed E-state index contributed by atoms with van der Waals surface area (Å²) >= 11 is 0. The molecule has 0 aliphatic rings. The molecule has 3 rings (SSSR count). The minimum atomic E-state index is 0.00221. The highest BCUT2D eigenvalue weighted by Gasteiger charge is 2.13. The van der Waals surface area contributed by atoms with Gasteiger partial charge in [-0.15, -0.1) is 12.3 Å². The molecule has 25 heavy (non-hydrogen) atoms. The zero-order valence-electron chi connectivity index (χ0n) is 14.2. The lowest BCUT2D eigenvalue weighted by atomic mass is 10.0. The lowest BCUT2D eigenvalue weighted by Gasteiger charge is -2.18. The molecule has 2 heterocycles. The van der Waals surface area contributed by atoms with E-state index in [9.17, 15) is 0 Å². The molecule has 0 bridgehead atoms. The minimum Gasteiger partial charge on any atom is -0.362 e. The first-order valence-electron chi connectivity index (χ1n) is 8.34. The Morgan fingerprint density at radius 3 is 2.56 bits per heavy atom. The number of hydrogen-bond donors (Lipinski definition) is 1. The quantitative estimate of drug-likeness (QED) is 0.686. The maximum absolute atomic E-state index is 5.56. The van der Waals surface area contributed by atoms with Crippen LogP contribution in [0.1, 0.15) is 30.6 Å². The third-order valence-corrected chi connectivity index (χ3v) is 3.88. The average molecular weight is 328 g/mol. The molecule has 2 aromatic heterocycles. The number of benzene rings is 1. The van der Waals surface area contributed by atoms with Crippen molar-refractivity contribution in [2.75, 3.05) is 5.32 Å². The molecule has 0 aliphatic carbocycles. The number of rotatable bonds is 6. The minimum absolute atomic E-state index is 0.00221. The molecule has 1 aromatic carbocycles. The van der Waals surface area contributed by atoms with Crippen LogP contribution in [0.4, 0.5) is 5.82 Å². The van der Waals surface area contributed by atoms with Crippen molar-refractivity contribution in [3.63, 3.8) is 0 Å². The van der Waals surface area contributed by atoms with Crippen molar-refractivity contribution in [2.24, 2.45) is 0 Å². The zero-order chi connectivity index (χ0) is 17.5. The number of pyridine rings is 1. The van der Waals surface area contributed by atoms with Gasteiger partial charge in [0.05, 0.1) is 6.04 Å². The van der Waals surface area contributed by atoms with Crippen molar-refractivity contribution in [3.05, 3.63) is 72.1 Å². The van der Waals surface area contributed by atoms with Gasteiger partial charge in [-0.2, -0.15) is 0 Å². The van der Waals surface area contributed by atoms with Gasteiger partial charge >= 0.3 is 0 Å². The summed E-state index contributed by atoms with van der Waals surface area (Å²) in [5.74, 6) is 4.12. The van der Waals surface area contributed by atoms with E-state index in [1.165, 1.54) is 0 Å². The number of terminal acetylenes is 1. The summed E-state index contributed by atoms with van der Waals surface area (Å²) in [6, 6.07) is 17.8. The van der Waals surface area contributed by atoms with E-state index in [0.29, 0.717) is 12.2 Å². The fourth-order valence-electron chi connectivity index (χ4n) is 2.60. The first kappa shape index (κ1) is 16.7. The van der Waals surface area contributed by atoms with E-state index in [0.717, 1.165) is 29.2 Å². The summed E-state index contributed by atoms with van der Waals surface area (Å²) in [6.07, 6.45) is 8.71. The highest BCUT2D eigenvalue weighted by molar-refractivity contribution is 5.53. The molecular formula is C21H20N4. The van der Waals surface area contributed by atoms with Crippen LogP contribution in [0.3, 0.4) is 0 Å². The summed E-state index contributed by atoms with van der Waals surface area (Å²) in [5.41, 5.74) is 2.86. The van der Waals surface area contributed by atoms with Crippen LogP contribution in [-0.4, -0.2) is 15.0 Å². The fourth-order valence-corrected chi connectivity index (χ4v) is 2.60. The first-order chi connectivity index (χ1) is 12.3. The summed E-state index contributed by atoms with van der Waals surface area (Å²) in [4.78, 5) is 13.6. The Hall–Kier alpha value is -3.19. The van der Waals surface area contributed by atoms with Gasteiger partial charge in [0.1, 0.15) is 11.5 Å². The Labute approximate surface area is 148 Å². The summed E-state index contributed by atoms with van der Waals surface area (Å²) in [6.45, 7) is 2.07. The normalized spacial score (nSPS) is 11.5. The lowest BCUT2D eigenvalue weighted by molar-refractivity contribution is 0.803. The molecule has 4 nitrogen and oxygen atoms in total. The Morgan fingerprint density at radius 2 is 1.88 bits per heavy atom. The molecule has 4 heteroatoms. The van der Waals surface area contributed by atoms with Gasteiger partial charge in [0.15, 0.2) is 5.82 Å². The lowest BCUT2D eigenvalue weighted by Crippen LogP contribution is -2.12. The zero-order valence-corrected chi connectivity index (χ0v) is 14.2. The van der Waals surface area contributed by atoms with Crippen LogP contribution in [-0.2, 0) is 6.42 Å². The molecular weight excluding hydrogens is 308 g/mol. The molecule has 0 aliphatic heterocycles. The second-order valence-corrected chi connectivity index (χ2v) is 5.65. The average Bonchev–Trinajstić information content (AvgIpc) is 2.69. The van der Waals surface area contributed by atoms with E-state index < -0.39 is 0 Å². The van der Waals surface area contributed by atoms with Gasteiger partial charge in [0.25, 0.3) is 0 Å². The summed E-state index contributed by atoms with van der Waals surface area (Å²) < 4.78 is 0. The number of aromatic nitrogens is 3. The van der Waals surface area contributed by atoms with Gasteiger partial charge in [-0.3, -0.25) is 4.98 Å². The maximum atomic E-state index is 5.56. The summed E-state index contributed by atoms with van der Waals surface area (Å²) in [5, 5.41) is 3.46. The maximum Gasteiger partial charge on any atom is 0.180 e. The second kappa shape index (κ2) is 8.07. The molecule has 1 atom stereocenters. The molecule has 0 spiro atoms. The van der Waals surface area contributed by atoms with Crippen molar-refractivity contribution < 1.29 is 0 Å². The predicted octanol–water partition coefficient (Wildman–Crippen LogP) is 4.28. The van der Waals surface area contributed by atoms with Gasteiger partial charge in [-0.1, -0.05) is 43.3 Å². The van der Waals surface area contributed by atoms with Crippen molar-refractivity contribution in [1.82, 2.24) is 15.0 Å². The van der Waals surface area contributed by atoms with E-state index in [2.05, 4.69) is 45.2 Å². The van der Waals surface area contributed by atoms with Crippen molar-refractivity contribution in [2.45, 2.75) is 25.8 Å². The van der Waals surface area contributed by atoms with Crippen molar-refractivity contribution in [3.8, 4) is 23.9 Å². The van der Waals surface area contributed by atoms with Crippen molar-refractivity contribution in [1.29, 1.82) is 0 Å². The molecule has 0 saturated carbocycles. The molecule has 124 valence electrons. The largest absolute Gasteiger partial charge is 0.362 e. The fraction of sp³-hybridized carbons (Fsp3) is 0.190. The van der Waals surface area contributed by atoms with Gasteiger partial charge in [-0.25, -0.2) is 9.97 Å². The highest BCUT2D eigenvalue weighted by atomic mass is 15.1. The molecule has 1 N–H and O–H groups in total. The van der Waals surface area contributed by atoms with Crippen LogP contribution < -0.4 is 5.32 Å². The Kier molecular flexibility index (Phi) is 5.38. The van der Waals surface area contributed by atoms with E-state index in [4.69, 9.17) is 6.42 Å². The van der Waals surface area contributed by atoms with E-state index in [1.807, 2.05) is 42.5 Å². The predicted molar refractivity (Wildman–Crippen MR) is 101 cm³/mol. The topological polar surface area (TPSA) is 50.7 Å². The van der Waals surface area contributed by atoms with E-state index in [-0.39, 0.29) is 6.04 Å². The highest BCUT2D eigenvalue weighted by Crippen LogP contribution is 2.23. The molecule has 0 unspecified atom stereocenters. The molecule has 0 radical (unpaired) electrons. The summed E-state index contributed by atoms with van der Waals surface area (Å²) in [7, 11) is 0. The SMILES string of the molecule is C#CC[C@H](Nc1cc(CC)nc(-c2ccccn2)n1)c1ccccc1. The third-order valence-electron chi connectivity index (χ3n) is 3.88. The van der Waals surface area contributed by atoms with Crippen LogP contribution in [0.25, 0.3) is 11.5 Å². The molecule has 0 fully saturated rings. The number of hydrogen-bond acceptors (Lipinski definition) is 4. The van der Waals surface area contributed by atoms with Gasteiger partial charge in [0.2, 0.25) is 0 Å². The standard InChI is InChI=1S/C21H20N4/c1-3-10-18(16-11-6-5-7-12-16)24-20-15-17(4-2)23-21(25-20)19-13-8-9-14-22-19/h1,5-9,11-15,18H,4,10H2,2H3,(H,23,24,25)/t18-/m0/s1. The van der Waals surface area contributed by atoms with Crippen molar-refractivity contribution >= 4 is 5.82 Å². The Morgan fingerprint density at radius 1 is 1.08 bits per heavy atom. The van der Waals surface area contributed by atoms with Crippen LogP contribution >= 0.6 is 0 Å². The van der Waals surface area contributed by atoms with Crippen LogP contribution in [0.5, 0.6) is 0 Å². The number of anilines is 1. The molecule has 3 aromatic rings. The Balaban J connectivity index is 1.94. The second-order valence-electron chi connectivity index (χ2n) is 5.65. The van der Waals surface area contributed by atoms with Gasteiger partial charge < -0.3 is 5.32 Å². The van der Waals surface area contributed by atoms with Crippen LogP contribution in [0.2, 0.25) is 0 Å². The first-order valence-corrected chi connectivity index (χ1v) is 8.34. The number of nitrogens with zero attached hydrogens (tertiary/aromatic N) is 3. The van der Waals surface area contributed by atoms with E-state index in [1.54, 1.807) is 6.20 Å². The van der Waals surface area contributed by atoms with Crippen LogP contribution in [0.15, 0.2) is 60.8 Å². The van der Waals surface area contributed by atoms with Gasteiger partial charge in [-0.05, 0) is 24.1 Å². The molecule has 0 saturated heterocycles. The number of nitrogens with one attached hydrogen (secondary N) is 1. The van der Waals surface area contributed by atoms with Crippen LogP contribution in [0, 0.1) is 12.3 Å². The Bertz CT molecular complexity index is 854. The monoisotopic (exact) mass is 328 g/mol. The van der Waals surface area contributed by atoms with Gasteiger partial charge in [0, 0.05) is 24.4 Å². The smallest absolute Gasteiger partial charge is 0.180 e. The number of aryl methyl sites for hydroxylation is 1.